The molecule has 0 aliphatic carbocycles. The zero-order chi connectivity index (χ0) is 13.8. The minimum absolute atomic E-state index is 0.0758. The van der Waals surface area contributed by atoms with Crippen LogP contribution in [0.4, 0.5) is 0 Å². The van der Waals surface area contributed by atoms with Crippen LogP contribution in [0.3, 0.4) is 0 Å². The van der Waals surface area contributed by atoms with Crippen LogP contribution in [-0.4, -0.2) is 56.7 Å². The summed E-state index contributed by atoms with van der Waals surface area (Å²) in [5.74, 6) is 0.879. The van der Waals surface area contributed by atoms with Crippen LogP contribution in [0.5, 0.6) is 5.75 Å². The molecule has 2 atom stereocenters. The highest BCUT2D eigenvalue weighted by atomic mass is 16.5. The van der Waals surface area contributed by atoms with Crippen molar-refractivity contribution in [3.05, 3.63) is 29.8 Å². The number of ether oxygens (including phenoxy) is 1. The quantitative estimate of drug-likeness (QED) is 0.870. The summed E-state index contributed by atoms with van der Waals surface area (Å²) < 4.78 is 5.17. The van der Waals surface area contributed by atoms with Crippen LogP contribution < -0.4 is 10.5 Å². The van der Waals surface area contributed by atoms with Gasteiger partial charge in [0.05, 0.1) is 7.11 Å². The van der Waals surface area contributed by atoms with Gasteiger partial charge in [-0.1, -0.05) is 12.1 Å². The highest BCUT2D eigenvalue weighted by Crippen LogP contribution is 2.20. The number of hydrogen-bond acceptors (Lipinski definition) is 4. The van der Waals surface area contributed by atoms with E-state index in [9.17, 15) is 0 Å². The van der Waals surface area contributed by atoms with Gasteiger partial charge < -0.3 is 15.4 Å². The first-order valence-corrected chi connectivity index (χ1v) is 6.88. The number of nitrogens with zero attached hydrogens (tertiary/aromatic N) is 2. The number of likely N-dealkylation sites (tertiary alicyclic amines) is 1. The van der Waals surface area contributed by atoms with Crippen LogP contribution in [0.1, 0.15) is 18.0 Å². The molecular formula is C15H25N3O. The Bertz CT molecular complexity index is 391. The largest absolute Gasteiger partial charge is 0.497 e. The fourth-order valence-electron chi connectivity index (χ4n) is 2.63. The van der Waals surface area contributed by atoms with E-state index in [2.05, 4.69) is 36.0 Å². The van der Waals surface area contributed by atoms with Crippen molar-refractivity contribution in [1.29, 1.82) is 0 Å². The van der Waals surface area contributed by atoms with Crippen LogP contribution in [0, 0.1) is 0 Å². The van der Waals surface area contributed by atoms with Crippen molar-refractivity contribution in [2.24, 2.45) is 5.73 Å². The van der Waals surface area contributed by atoms with E-state index in [0.717, 1.165) is 25.4 Å². The van der Waals surface area contributed by atoms with Crippen LogP contribution in [0.2, 0.25) is 0 Å². The minimum atomic E-state index is 0.0758. The van der Waals surface area contributed by atoms with Crippen molar-refractivity contribution in [3.63, 3.8) is 0 Å². The Labute approximate surface area is 116 Å². The predicted molar refractivity (Wildman–Crippen MR) is 78.5 cm³/mol. The van der Waals surface area contributed by atoms with Crippen molar-refractivity contribution in [2.45, 2.75) is 18.5 Å². The lowest BCUT2D eigenvalue weighted by Gasteiger charge is -2.23. The van der Waals surface area contributed by atoms with Gasteiger partial charge in [0.1, 0.15) is 5.75 Å². The van der Waals surface area contributed by atoms with Gasteiger partial charge in [0.25, 0.3) is 0 Å². The molecule has 2 unspecified atom stereocenters. The van der Waals surface area contributed by atoms with Crippen LogP contribution >= 0.6 is 0 Å². The molecular weight excluding hydrogens is 238 g/mol. The van der Waals surface area contributed by atoms with E-state index < -0.39 is 0 Å². The Hall–Kier alpha value is -1.10. The molecule has 0 aromatic heterocycles. The lowest BCUT2D eigenvalue weighted by Crippen LogP contribution is -2.34. The van der Waals surface area contributed by atoms with Gasteiger partial charge in [-0.05, 0) is 44.8 Å². The van der Waals surface area contributed by atoms with Gasteiger partial charge in [0, 0.05) is 25.2 Å². The fraction of sp³-hybridized carbons (Fsp3) is 0.600. The Morgan fingerprint density at radius 1 is 1.37 bits per heavy atom. The molecule has 1 fully saturated rings. The van der Waals surface area contributed by atoms with Gasteiger partial charge >= 0.3 is 0 Å². The average molecular weight is 263 g/mol. The topological polar surface area (TPSA) is 41.7 Å². The number of rotatable bonds is 5. The summed E-state index contributed by atoms with van der Waals surface area (Å²) in [5.41, 5.74) is 7.47. The molecule has 0 amide bonds. The lowest BCUT2D eigenvalue weighted by atomic mass is 10.1. The second-order valence-corrected chi connectivity index (χ2v) is 5.55. The third-order valence-corrected chi connectivity index (χ3v) is 3.98. The molecule has 1 heterocycles. The van der Waals surface area contributed by atoms with Crippen molar-refractivity contribution >= 4 is 0 Å². The number of benzene rings is 1. The van der Waals surface area contributed by atoms with Gasteiger partial charge in [-0.15, -0.1) is 0 Å². The normalized spacial score (nSPS) is 21.8. The van der Waals surface area contributed by atoms with Crippen LogP contribution in [0.25, 0.3) is 0 Å². The molecule has 19 heavy (non-hydrogen) atoms. The van der Waals surface area contributed by atoms with Crippen molar-refractivity contribution < 1.29 is 4.74 Å². The first-order valence-electron chi connectivity index (χ1n) is 6.88. The molecule has 1 aromatic rings. The Kier molecular flexibility index (Phi) is 4.80. The predicted octanol–water partition coefficient (Wildman–Crippen LogP) is 1.33. The molecule has 106 valence electrons. The third kappa shape index (κ3) is 3.69. The maximum Gasteiger partial charge on any atom is 0.118 e. The number of nitrogens with two attached hydrogens (primary N) is 1. The number of likely N-dealkylation sites (N-methyl/N-ethyl adjacent to an activating group) is 1. The summed E-state index contributed by atoms with van der Waals surface area (Å²) in [7, 11) is 5.98. The summed E-state index contributed by atoms with van der Waals surface area (Å²) in [6, 6.07) is 8.81. The molecule has 0 radical (unpaired) electrons. The standard InChI is InChI=1S/C15H25N3O/c1-17(2)13-8-9-18(10-13)11-15(16)12-4-6-14(19-3)7-5-12/h4-7,13,15H,8-11,16H2,1-3H3. The third-order valence-electron chi connectivity index (χ3n) is 3.98. The van der Waals surface area contributed by atoms with E-state index in [4.69, 9.17) is 10.5 Å². The van der Waals surface area contributed by atoms with Gasteiger partial charge in [0.15, 0.2) is 0 Å². The molecule has 4 nitrogen and oxygen atoms in total. The molecule has 1 aliphatic rings. The smallest absolute Gasteiger partial charge is 0.118 e. The Balaban J connectivity index is 1.88. The molecule has 0 spiro atoms. The summed E-state index contributed by atoms with van der Waals surface area (Å²) in [4.78, 5) is 4.76. The van der Waals surface area contributed by atoms with Gasteiger partial charge in [-0.3, -0.25) is 4.90 Å². The average Bonchev–Trinajstić information content (AvgIpc) is 2.87. The van der Waals surface area contributed by atoms with Crippen LogP contribution in [-0.2, 0) is 0 Å². The molecule has 1 aromatic carbocycles. The monoisotopic (exact) mass is 263 g/mol. The molecule has 1 aliphatic heterocycles. The zero-order valence-electron chi connectivity index (χ0n) is 12.2. The maximum absolute atomic E-state index is 6.29. The van der Waals surface area contributed by atoms with E-state index in [0.29, 0.717) is 6.04 Å². The van der Waals surface area contributed by atoms with Crippen molar-refractivity contribution in [3.8, 4) is 5.75 Å². The van der Waals surface area contributed by atoms with Gasteiger partial charge in [0.2, 0.25) is 0 Å². The summed E-state index contributed by atoms with van der Waals surface area (Å²) in [5, 5.41) is 0. The van der Waals surface area contributed by atoms with E-state index in [1.165, 1.54) is 12.0 Å². The van der Waals surface area contributed by atoms with Gasteiger partial charge in [-0.25, -0.2) is 0 Å². The van der Waals surface area contributed by atoms with E-state index in [1.807, 2.05) is 12.1 Å². The second-order valence-electron chi connectivity index (χ2n) is 5.55. The van der Waals surface area contributed by atoms with Crippen molar-refractivity contribution in [2.75, 3.05) is 40.8 Å². The molecule has 4 heteroatoms. The lowest BCUT2D eigenvalue weighted by molar-refractivity contribution is 0.260. The van der Waals surface area contributed by atoms with Gasteiger partial charge in [-0.2, -0.15) is 0 Å². The second kappa shape index (κ2) is 6.37. The maximum atomic E-state index is 6.29. The summed E-state index contributed by atoms with van der Waals surface area (Å²) >= 11 is 0. The van der Waals surface area contributed by atoms with E-state index in [1.54, 1.807) is 7.11 Å². The van der Waals surface area contributed by atoms with Crippen LogP contribution in [0.15, 0.2) is 24.3 Å². The van der Waals surface area contributed by atoms with E-state index in [-0.39, 0.29) is 6.04 Å². The Morgan fingerprint density at radius 3 is 2.58 bits per heavy atom. The number of methoxy groups -OCH3 is 1. The highest BCUT2D eigenvalue weighted by molar-refractivity contribution is 5.29. The molecule has 0 bridgehead atoms. The minimum Gasteiger partial charge on any atom is -0.497 e. The zero-order valence-corrected chi connectivity index (χ0v) is 12.2. The summed E-state index contributed by atoms with van der Waals surface area (Å²) in [6.07, 6.45) is 1.24. The SMILES string of the molecule is COc1ccc(C(N)CN2CCC(N(C)C)C2)cc1. The van der Waals surface area contributed by atoms with E-state index >= 15 is 0 Å². The molecule has 0 saturated carbocycles. The molecule has 1 saturated heterocycles. The first kappa shape index (κ1) is 14.3. The molecule has 2 rings (SSSR count). The first-order chi connectivity index (χ1) is 9.10. The highest BCUT2D eigenvalue weighted by Gasteiger charge is 2.25. The Morgan fingerprint density at radius 2 is 2.05 bits per heavy atom. The number of hydrogen-bond donors (Lipinski definition) is 1. The molecule has 2 N–H and O–H groups in total. The fourth-order valence-corrected chi connectivity index (χ4v) is 2.63. The summed E-state index contributed by atoms with van der Waals surface area (Å²) in [6.45, 7) is 3.19. The van der Waals surface area contributed by atoms with Crippen molar-refractivity contribution in [1.82, 2.24) is 9.80 Å².